The van der Waals surface area contributed by atoms with Crippen LogP contribution in [-0.2, 0) is 11.3 Å². The van der Waals surface area contributed by atoms with Crippen molar-refractivity contribution in [3.63, 3.8) is 0 Å². The zero-order chi connectivity index (χ0) is 9.42. The van der Waals surface area contributed by atoms with Crippen molar-refractivity contribution in [1.29, 1.82) is 0 Å². The molecule has 0 atom stereocenters. The smallest absolute Gasteiger partial charge is 0.495 e. The molecule has 0 aliphatic carbocycles. The molecule has 0 amide bonds. The molecule has 68 valence electrons. The Morgan fingerprint density at radius 3 is 3.00 bits per heavy atom. The predicted octanol–water partition coefficient (Wildman–Crippen LogP) is 0.221. The van der Waals surface area contributed by atoms with Gasteiger partial charge in [-0.05, 0) is 18.1 Å². The molecular weight excluding hydrogens is 167 g/mol. The van der Waals surface area contributed by atoms with Crippen molar-refractivity contribution in [3.8, 4) is 5.75 Å². The summed E-state index contributed by atoms with van der Waals surface area (Å²) in [6.07, 6.45) is 0. The fraction of sp³-hybridized carbons (Fsp3) is 0.333. The van der Waals surface area contributed by atoms with Crippen molar-refractivity contribution in [2.24, 2.45) is 0 Å². The highest BCUT2D eigenvalue weighted by molar-refractivity contribution is 6.62. The molecule has 13 heavy (non-hydrogen) atoms. The van der Waals surface area contributed by atoms with Gasteiger partial charge < -0.3 is 14.4 Å². The molecule has 0 bridgehead atoms. The van der Waals surface area contributed by atoms with E-state index in [9.17, 15) is 5.02 Å². The van der Waals surface area contributed by atoms with Crippen molar-refractivity contribution in [2.75, 3.05) is 7.11 Å². The van der Waals surface area contributed by atoms with Gasteiger partial charge in [-0.2, -0.15) is 0 Å². The molecule has 0 saturated carbocycles. The van der Waals surface area contributed by atoms with E-state index in [4.69, 9.17) is 9.39 Å². The highest BCUT2D eigenvalue weighted by atomic mass is 16.5. The molecular formula is C9H11BO3. The minimum Gasteiger partial charge on any atom is -0.497 e. The first-order chi connectivity index (χ1) is 6.24. The lowest BCUT2D eigenvalue weighted by Crippen LogP contribution is -2.30. The Balaban J connectivity index is 2.60. The number of fused-ring (bicyclic) bond motifs is 1. The minimum absolute atomic E-state index is 0.465. The summed E-state index contributed by atoms with van der Waals surface area (Å²) in [5.41, 5.74) is 2.81. The van der Waals surface area contributed by atoms with E-state index in [1.54, 1.807) is 7.11 Å². The molecule has 0 unspecified atom stereocenters. The van der Waals surface area contributed by atoms with Crippen molar-refractivity contribution < 1.29 is 14.4 Å². The number of aryl methyl sites for hydroxylation is 1. The van der Waals surface area contributed by atoms with Crippen molar-refractivity contribution in [1.82, 2.24) is 0 Å². The molecule has 0 radical (unpaired) electrons. The largest absolute Gasteiger partial charge is 0.497 e. The van der Waals surface area contributed by atoms with Crippen LogP contribution < -0.4 is 10.2 Å². The summed E-state index contributed by atoms with van der Waals surface area (Å²) in [4.78, 5) is 0. The number of hydrogen-bond donors (Lipinski definition) is 1. The van der Waals surface area contributed by atoms with Gasteiger partial charge in [0.05, 0.1) is 13.7 Å². The third-order valence-electron chi connectivity index (χ3n) is 2.33. The fourth-order valence-electron chi connectivity index (χ4n) is 1.67. The molecule has 2 rings (SSSR count). The van der Waals surface area contributed by atoms with Crippen molar-refractivity contribution >= 4 is 12.6 Å². The van der Waals surface area contributed by atoms with E-state index >= 15 is 0 Å². The Kier molecular flexibility index (Phi) is 2.02. The third kappa shape index (κ3) is 1.22. The fourth-order valence-corrected chi connectivity index (χ4v) is 1.67. The third-order valence-corrected chi connectivity index (χ3v) is 2.33. The molecule has 4 heteroatoms. The topological polar surface area (TPSA) is 38.7 Å². The molecule has 1 aliphatic rings. The first-order valence-electron chi connectivity index (χ1n) is 4.20. The Hall–Kier alpha value is -0.995. The van der Waals surface area contributed by atoms with Crippen LogP contribution in [0.5, 0.6) is 5.75 Å². The van der Waals surface area contributed by atoms with Crippen LogP contribution in [-0.4, -0.2) is 19.3 Å². The standard InChI is InChI=1S/C9H11BO3/c1-6-3-4-7-5-13-10(11)8(7)9(6)12-2/h3-4,11H,5H2,1-2H3. The van der Waals surface area contributed by atoms with E-state index < -0.39 is 7.12 Å². The van der Waals surface area contributed by atoms with E-state index in [-0.39, 0.29) is 0 Å². The maximum atomic E-state index is 9.52. The molecule has 1 heterocycles. The molecule has 1 N–H and O–H groups in total. The first kappa shape index (κ1) is 8.60. The van der Waals surface area contributed by atoms with E-state index in [0.717, 1.165) is 22.3 Å². The number of hydrogen-bond acceptors (Lipinski definition) is 3. The van der Waals surface area contributed by atoms with Gasteiger partial charge in [0.1, 0.15) is 5.75 Å². The van der Waals surface area contributed by atoms with Gasteiger partial charge >= 0.3 is 7.12 Å². The summed E-state index contributed by atoms with van der Waals surface area (Å²) >= 11 is 0. The Bertz CT molecular complexity index is 338. The zero-order valence-corrected chi connectivity index (χ0v) is 7.70. The Morgan fingerprint density at radius 2 is 2.31 bits per heavy atom. The predicted molar refractivity (Wildman–Crippen MR) is 50.1 cm³/mol. The van der Waals surface area contributed by atoms with Crippen LogP contribution in [0.4, 0.5) is 0 Å². The quantitative estimate of drug-likeness (QED) is 0.625. The van der Waals surface area contributed by atoms with Crippen molar-refractivity contribution in [2.45, 2.75) is 13.5 Å². The number of benzene rings is 1. The maximum absolute atomic E-state index is 9.52. The molecule has 1 aliphatic heterocycles. The number of ether oxygens (including phenoxy) is 1. The summed E-state index contributed by atoms with van der Waals surface area (Å²) < 4.78 is 10.3. The lowest BCUT2D eigenvalue weighted by molar-refractivity contribution is 0.275. The highest BCUT2D eigenvalue weighted by Crippen LogP contribution is 2.21. The lowest BCUT2D eigenvalue weighted by atomic mass is 9.78. The average Bonchev–Trinajstić information content (AvgIpc) is 2.49. The van der Waals surface area contributed by atoms with E-state index in [0.29, 0.717) is 6.61 Å². The summed E-state index contributed by atoms with van der Waals surface area (Å²) in [7, 11) is 0.776. The lowest BCUT2D eigenvalue weighted by Gasteiger charge is -2.09. The zero-order valence-electron chi connectivity index (χ0n) is 7.70. The van der Waals surface area contributed by atoms with Crippen LogP contribution in [0.15, 0.2) is 12.1 Å². The number of rotatable bonds is 1. The molecule has 3 nitrogen and oxygen atoms in total. The second-order valence-corrected chi connectivity index (χ2v) is 3.15. The highest BCUT2D eigenvalue weighted by Gasteiger charge is 2.31. The summed E-state index contributed by atoms with van der Waals surface area (Å²) in [6.45, 7) is 2.41. The monoisotopic (exact) mass is 178 g/mol. The molecule has 1 aromatic rings. The van der Waals surface area contributed by atoms with Crippen LogP contribution in [0.25, 0.3) is 0 Å². The molecule has 1 aromatic carbocycles. The average molecular weight is 178 g/mol. The van der Waals surface area contributed by atoms with Crippen LogP contribution >= 0.6 is 0 Å². The normalized spacial score (nSPS) is 14.5. The van der Waals surface area contributed by atoms with Crippen LogP contribution in [0, 0.1) is 6.92 Å². The molecule has 0 aromatic heterocycles. The molecule has 0 saturated heterocycles. The van der Waals surface area contributed by atoms with Gasteiger partial charge in [-0.3, -0.25) is 0 Å². The Labute approximate surface area is 77.4 Å². The van der Waals surface area contributed by atoms with Gasteiger partial charge in [-0.15, -0.1) is 0 Å². The van der Waals surface area contributed by atoms with Crippen LogP contribution in [0.3, 0.4) is 0 Å². The molecule has 0 spiro atoms. The SMILES string of the molecule is COc1c(C)ccc2c1B(O)OC2. The van der Waals surface area contributed by atoms with Gasteiger partial charge in [0.15, 0.2) is 0 Å². The van der Waals surface area contributed by atoms with Gasteiger partial charge in [-0.1, -0.05) is 12.1 Å². The summed E-state index contributed by atoms with van der Waals surface area (Å²) in [5.74, 6) is 0.738. The summed E-state index contributed by atoms with van der Waals surface area (Å²) in [5, 5.41) is 9.52. The van der Waals surface area contributed by atoms with Gasteiger partial charge in [0.2, 0.25) is 0 Å². The second kappa shape index (κ2) is 3.05. The van der Waals surface area contributed by atoms with E-state index in [1.807, 2.05) is 19.1 Å². The van der Waals surface area contributed by atoms with Crippen LogP contribution in [0.2, 0.25) is 0 Å². The van der Waals surface area contributed by atoms with Crippen LogP contribution in [0.1, 0.15) is 11.1 Å². The number of methoxy groups -OCH3 is 1. The minimum atomic E-state index is -0.829. The van der Waals surface area contributed by atoms with Gasteiger partial charge in [-0.25, -0.2) is 0 Å². The first-order valence-corrected chi connectivity index (χ1v) is 4.20. The van der Waals surface area contributed by atoms with Gasteiger partial charge in [0, 0.05) is 5.46 Å². The van der Waals surface area contributed by atoms with E-state index in [2.05, 4.69) is 0 Å². The van der Waals surface area contributed by atoms with E-state index in [1.165, 1.54) is 0 Å². The van der Waals surface area contributed by atoms with Gasteiger partial charge in [0.25, 0.3) is 0 Å². The Morgan fingerprint density at radius 1 is 1.54 bits per heavy atom. The van der Waals surface area contributed by atoms with Crippen molar-refractivity contribution in [3.05, 3.63) is 23.3 Å². The maximum Gasteiger partial charge on any atom is 0.495 e. The second-order valence-electron chi connectivity index (χ2n) is 3.15. The summed E-state index contributed by atoms with van der Waals surface area (Å²) in [6, 6.07) is 3.93. The molecule has 0 fully saturated rings.